The molecule has 0 radical (unpaired) electrons. The van der Waals surface area contributed by atoms with Crippen LogP contribution in [0.4, 0.5) is 8.78 Å². The smallest absolute Gasteiger partial charge is 0.249 e. The Kier molecular flexibility index (Phi) is 4.57. The van der Waals surface area contributed by atoms with E-state index in [2.05, 4.69) is 5.32 Å². The zero-order valence-electron chi connectivity index (χ0n) is 7.45. The van der Waals surface area contributed by atoms with E-state index in [0.29, 0.717) is 12.6 Å². The summed E-state index contributed by atoms with van der Waals surface area (Å²) in [7, 11) is 0. The molecule has 0 aliphatic rings. The quantitative estimate of drug-likeness (QED) is 0.659. The van der Waals surface area contributed by atoms with Gasteiger partial charge in [-0.2, -0.15) is 0 Å². The van der Waals surface area contributed by atoms with E-state index in [-0.39, 0.29) is 12.8 Å². The van der Waals surface area contributed by atoms with Gasteiger partial charge in [0.1, 0.15) is 0 Å². The standard InChI is InChI=1S/C8H17F2N/c1-4-8(9,10)5-6-11-7(2)3/h7,11H,4-6H2,1-3H3. The Morgan fingerprint density at radius 3 is 2.27 bits per heavy atom. The third-order valence-electron chi connectivity index (χ3n) is 1.56. The molecule has 0 rings (SSSR count). The van der Waals surface area contributed by atoms with Crippen molar-refractivity contribution in [3.63, 3.8) is 0 Å². The molecule has 0 bridgehead atoms. The van der Waals surface area contributed by atoms with Gasteiger partial charge < -0.3 is 5.32 Å². The largest absolute Gasteiger partial charge is 0.314 e. The fraction of sp³-hybridized carbons (Fsp3) is 1.00. The van der Waals surface area contributed by atoms with Gasteiger partial charge >= 0.3 is 0 Å². The van der Waals surface area contributed by atoms with E-state index in [1.807, 2.05) is 13.8 Å². The number of hydrogen-bond donors (Lipinski definition) is 1. The Labute approximate surface area is 67.2 Å². The Morgan fingerprint density at radius 1 is 1.36 bits per heavy atom. The zero-order valence-corrected chi connectivity index (χ0v) is 7.45. The van der Waals surface area contributed by atoms with Crippen LogP contribution in [0.25, 0.3) is 0 Å². The average molecular weight is 165 g/mol. The molecule has 11 heavy (non-hydrogen) atoms. The van der Waals surface area contributed by atoms with Gasteiger partial charge in [0.15, 0.2) is 0 Å². The van der Waals surface area contributed by atoms with Gasteiger partial charge in [-0.1, -0.05) is 20.8 Å². The molecule has 0 spiro atoms. The monoisotopic (exact) mass is 165 g/mol. The number of alkyl halides is 2. The van der Waals surface area contributed by atoms with E-state index in [4.69, 9.17) is 0 Å². The molecule has 0 heterocycles. The molecule has 1 nitrogen and oxygen atoms in total. The average Bonchev–Trinajstić information content (AvgIpc) is 1.87. The summed E-state index contributed by atoms with van der Waals surface area (Å²) in [5, 5.41) is 2.96. The first-order chi connectivity index (χ1) is 4.98. The highest BCUT2D eigenvalue weighted by atomic mass is 19.3. The SMILES string of the molecule is CCC(F)(F)CCNC(C)C. The number of halogens is 2. The molecule has 0 aliphatic heterocycles. The van der Waals surface area contributed by atoms with Crippen LogP contribution in [0.15, 0.2) is 0 Å². The molecule has 0 saturated heterocycles. The molecule has 68 valence electrons. The number of hydrogen-bond acceptors (Lipinski definition) is 1. The summed E-state index contributed by atoms with van der Waals surface area (Å²) in [6.07, 6.45) is -0.117. The molecule has 0 unspecified atom stereocenters. The lowest BCUT2D eigenvalue weighted by Gasteiger charge is -2.15. The fourth-order valence-corrected chi connectivity index (χ4v) is 0.721. The van der Waals surface area contributed by atoms with Gasteiger partial charge in [-0.15, -0.1) is 0 Å². The van der Waals surface area contributed by atoms with Crippen molar-refractivity contribution in [1.82, 2.24) is 5.32 Å². The Morgan fingerprint density at radius 2 is 1.91 bits per heavy atom. The van der Waals surface area contributed by atoms with E-state index >= 15 is 0 Å². The molecule has 0 aromatic carbocycles. The van der Waals surface area contributed by atoms with Crippen LogP contribution in [0, 0.1) is 0 Å². The van der Waals surface area contributed by atoms with E-state index in [9.17, 15) is 8.78 Å². The van der Waals surface area contributed by atoms with Crippen LogP contribution in [0.3, 0.4) is 0 Å². The fourth-order valence-electron chi connectivity index (χ4n) is 0.721. The molecule has 0 aromatic rings. The van der Waals surface area contributed by atoms with E-state index in [0.717, 1.165) is 0 Å². The van der Waals surface area contributed by atoms with Gasteiger partial charge in [-0.3, -0.25) is 0 Å². The lowest BCUT2D eigenvalue weighted by atomic mass is 10.2. The molecular weight excluding hydrogens is 148 g/mol. The van der Waals surface area contributed by atoms with Crippen LogP contribution in [-0.4, -0.2) is 18.5 Å². The van der Waals surface area contributed by atoms with Gasteiger partial charge in [-0.05, 0) is 0 Å². The summed E-state index contributed by atoms with van der Waals surface area (Å²) in [4.78, 5) is 0. The van der Waals surface area contributed by atoms with Crippen LogP contribution >= 0.6 is 0 Å². The summed E-state index contributed by atoms with van der Waals surface area (Å²) in [6.45, 7) is 5.81. The Hall–Kier alpha value is -0.180. The maximum atomic E-state index is 12.6. The third kappa shape index (κ3) is 6.23. The predicted molar refractivity (Wildman–Crippen MR) is 43.0 cm³/mol. The first kappa shape index (κ1) is 10.8. The second-order valence-electron chi connectivity index (χ2n) is 3.07. The molecule has 0 amide bonds. The highest BCUT2D eigenvalue weighted by molar-refractivity contribution is 4.65. The highest BCUT2D eigenvalue weighted by Crippen LogP contribution is 2.21. The molecule has 0 fully saturated rings. The van der Waals surface area contributed by atoms with Gasteiger partial charge in [0.2, 0.25) is 5.92 Å². The lowest BCUT2D eigenvalue weighted by molar-refractivity contribution is -0.0111. The molecule has 0 saturated carbocycles. The zero-order chi connectivity index (χ0) is 8.91. The van der Waals surface area contributed by atoms with Crippen LogP contribution < -0.4 is 5.32 Å². The van der Waals surface area contributed by atoms with Gasteiger partial charge in [0, 0.05) is 25.4 Å². The van der Waals surface area contributed by atoms with Crippen LogP contribution in [-0.2, 0) is 0 Å². The van der Waals surface area contributed by atoms with Gasteiger partial charge in [0.05, 0.1) is 0 Å². The first-order valence-electron chi connectivity index (χ1n) is 4.09. The predicted octanol–water partition coefficient (Wildman–Crippen LogP) is 2.42. The van der Waals surface area contributed by atoms with Gasteiger partial charge in [-0.25, -0.2) is 8.78 Å². The summed E-state index contributed by atoms with van der Waals surface area (Å²) in [5.41, 5.74) is 0. The number of nitrogens with one attached hydrogen (secondary N) is 1. The van der Waals surface area contributed by atoms with Crippen molar-refractivity contribution in [2.24, 2.45) is 0 Å². The summed E-state index contributed by atoms with van der Waals surface area (Å²) in [5.74, 6) is -2.48. The minimum Gasteiger partial charge on any atom is -0.314 e. The van der Waals surface area contributed by atoms with E-state index in [1.165, 1.54) is 6.92 Å². The van der Waals surface area contributed by atoms with Crippen LogP contribution in [0.1, 0.15) is 33.6 Å². The summed E-state index contributed by atoms with van der Waals surface area (Å²) < 4.78 is 25.1. The van der Waals surface area contributed by atoms with Crippen molar-refractivity contribution in [2.45, 2.75) is 45.6 Å². The van der Waals surface area contributed by atoms with Crippen molar-refractivity contribution < 1.29 is 8.78 Å². The van der Waals surface area contributed by atoms with Gasteiger partial charge in [0.25, 0.3) is 0 Å². The van der Waals surface area contributed by atoms with Crippen molar-refractivity contribution in [1.29, 1.82) is 0 Å². The second-order valence-corrected chi connectivity index (χ2v) is 3.07. The molecular formula is C8H17F2N. The van der Waals surface area contributed by atoms with Crippen molar-refractivity contribution in [3.05, 3.63) is 0 Å². The molecule has 0 aliphatic carbocycles. The lowest BCUT2D eigenvalue weighted by Crippen LogP contribution is -2.28. The topological polar surface area (TPSA) is 12.0 Å². The van der Waals surface area contributed by atoms with Crippen LogP contribution in [0.5, 0.6) is 0 Å². The molecule has 0 aromatic heterocycles. The minimum atomic E-state index is -2.48. The molecule has 1 N–H and O–H groups in total. The summed E-state index contributed by atoms with van der Waals surface area (Å²) >= 11 is 0. The highest BCUT2D eigenvalue weighted by Gasteiger charge is 2.24. The van der Waals surface area contributed by atoms with Crippen LogP contribution in [0.2, 0.25) is 0 Å². The number of rotatable bonds is 5. The first-order valence-corrected chi connectivity index (χ1v) is 4.09. The maximum absolute atomic E-state index is 12.6. The second kappa shape index (κ2) is 4.65. The van der Waals surface area contributed by atoms with Crippen molar-refractivity contribution in [3.8, 4) is 0 Å². The van der Waals surface area contributed by atoms with E-state index in [1.54, 1.807) is 0 Å². The maximum Gasteiger partial charge on any atom is 0.249 e. The Bertz CT molecular complexity index is 102. The Balaban J connectivity index is 3.38. The minimum absolute atomic E-state index is 0.0539. The van der Waals surface area contributed by atoms with Crippen molar-refractivity contribution in [2.75, 3.05) is 6.54 Å². The molecule has 0 atom stereocenters. The molecule has 3 heteroatoms. The summed E-state index contributed by atoms with van der Waals surface area (Å²) in [6, 6.07) is 0.294. The third-order valence-corrected chi connectivity index (χ3v) is 1.56. The normalized spacial score (nSPS) is 12.5. The van der Waals surface area contributed by atoms with E-state index < -0.39 is 5.92 Å². The van der Waals surface area contributed by atoms with Crippen molar-refractivity contribution >= 4 is 0 Å².